The van der Waals surface area contributed by atoms with E-state index in [1.807, 2.05) is 12.1 Å². The number of amides is 1. The van der Waals surface area contributed by atoms with Crippen molar-refractivity contribution in [3.63, 3.8) is 0 Å². The molecule has 0 spiro atoms. The van der Waals surface area contributed by atoms with Crippen LogP contribution in [0.4, 0.5) is 18.9 Å². The largest absolute Gasteiger partial charge is 0.416 e. The van der Waals surface area contributed by atoms with Gasteiger partial charge < -0.3 is 19.8 Å². The number of carbonyl (C=O) groups excluding carboxylic acids is 1. The summed E-state index contributed by atoms with van der Waals surface area (Å²) >= 11 is 0. The van der Waals surface area contributed by atoms with E-state index in [9.17, 15) is 23.1 Å². The van der Waals surface area contributed by atoms with Gasteiger partial charge in [0, 0.05) is 29.9 Å². The fourth-order valence-electron chi connectivity index (χ4n) is 3.55. The second kappa shape index (κ2) is 8.99. The summed E-state index contributed by atoms with van der Waals surface area (Å²) in [6.45, 7) is 1.45. The van der Waals surface area contributed by atoms with E-state index in [1.165, 1.54) is 12.1 Å². The molecule has 0 bridgehead atoms. The lowest BCUT2D eigenvalue weighted by atomic mass is 10.1. The van der Waals surface area contributed by atoms with Gasteiger partial charge in [-0.05, 0) is 49.2 Å². The minimum Gasteiger partial charge on any atom is -0.394 e. The number of aliphatic hydroxyl groups is 1. The van der Waals surface area contributed by atoms with Gasteiger partial charge in [0.2, 0.25) is 5.82 Å². The molecule has 1 atom stereocenters. The number of halogens is 3. The van der Waals surface area contributed by atoms with Crippen molar-refractivity contribution in [3.8, 4) is 11.4 Å². The lowest BCUT2D eigenvalue weighted by Crippen LogP contribution is -2.31. The van der Waals surface area contributed by atoms with E-state index in [2.05, 4.69) is 20.4 Å². The van der Waals surface area contributed by atoms with Gasteiger partial charge in [0.25, 0.3) is 11.8 Å². The minimum absolute atomic E-state index is 0.0752. The van der Waals surface area contributed by atoms with Gasteiger partial charge in [-0.3, -0.25) is 4.79 Å². The van der Waals surface area contributed by atoms with Gasteiger partial charge in [0.05, 0.1) is 12.2 Å². The molecule has 1 saturated heterocycles. The Morgan fingerprint density at radius 2 is 1.88 bits per heavy atom. The quantitative estimate of drug-likeness (QED) is 0.598. The monoisotopic (exact) mass is 446 g/mol. The van der Waals surface area contributed by atoms with Crippen molar-refractivity contribution < 1.29 is 27.6 Å². The van der Waals surface area contributed by atoms with Crippen molar-refractivity contribution in [2.75, 3.05) is 24.6 Å². The van der Waals surface area contributed by atoms with Crippen LogP contribution in [0.5, 0.6) is 0 Å². The zero-order chi connectivity index (χ0) is 22.7. The number of nitrogens with zero attached hydrogens (tertiary/aromatic N) is 3. The van der Waals surface area contributed by atoms with Crippen LogP contribution in [0, 0.1) is 0 Å². The predicted molar refractivity (Wildman–Crippen MR) is 110 cm³/mol. The van der Waals surface area contributed by atoms with E-state index in [4.69, 9.17) is 4.52 Å². The number of carbonyl (C=O) groups is 1. The van der Waals surface area contributed by atoms with Gasteiger partial charge in [0.1, 0.15) is 6.04 Å². The Kier molecular flexibility index (Phi) is 6.13. The molecule has 3 aromatic rings. The average Bonchev–Trinajstić information content (AvgIpc) is 3.49. The zero-order valence-electron chi connectivity index (χ0n) is 17.0. The van der Waals surface area contributed by atoms with Crippen LogP contribution in [-0.2, 0) is 6.18 Å². The maximum atomic E-state index is 12.9. The lowest BCUT2D eigenvalue weighted by Gasteiger charge is -2.18. The highest BCUT2D eigenvalue weighted by atomic mass is 19.4. The van der Waals surface area contributed by atoms with Gasteiger partial charge in [-0.25, -0.2) is 0 Å². The number of hydrogen-bond donors (Lipinski definition) is 2. The fraction of sp³-hybridized carbons (Fsp3) is 0.318. The minimum atomic E-state index is -4.51. The Hall–Kier alpha value is -3.40. The second-order valence-electron chi connectivity index (χ2n) is 7.48. The summed E-state index contributed by atoms with van der Waals surface area (Å²) in [7, 11) is 0. The molecule has 2 heterocycles. The van der Waals surface area contributed by atoms with Crippen LogP contribution in [0.2, 0.25) is 0 Å². The second-order valence-corrected chi connectivity index (χ2v) is 7.48. The van der Waals surface area contributed by atoms with Gasteiger partial charge in [-0.1, -0.05) is 17.3 Å². The van der Waals surface area contributed by atoms with E-state index < -0.39 is 30.3 Å². The summed E-state index contributed by atoms with van der Waals surface area (Å²) in [6.07, 6.45) is -2.21. The SMILES string of the molecule is O=C(N[C@@H](CO)c1nc(-c2cccc(C(F)(F)F)c2)no1)c1ccc(N2CCCC2)cc1. The number of aromatic nitrogens is 2. The van der Waals surface area contributed by atoms with Crippen LogP contribution in [0.1, 0.15) is 40.7 Å². The van der Waals surface area contributed by atoms with Crippen molar-refractivity contribution in [1.82, 2.24) is 15.5 Å². The first-order chi connectivity index (χ1) is 15.3. The van der Waals surface area contributed by atoms with E-state index in [-0.39, 0.29) is 17.3 Å². The molecule has 0 aliphatic carbocycles. The van der Waals surface area contributed by atoms with Crippen LogP contribution < -0.4 is 10.2 Å². The van der Waals surface area contributed by atoms with Gasteiger partial charge in [-0.15, -0.1) is 0 Å². The summed E-state index contributed by atoms with van der Waals surface area (Å²) in [5, 5.41) is 16.0. The first-order valence-corrected chi connectivity index (χ1v) is 10.1. The van der Waals surface area contributed by atoms with Crippen LogP contribution in [0.15, 0.2) is 53.1 Å². The van der Waals surface area contributed by atoms with Crippen molar-refractivity contribution in [3.05, 3.63) is 65.5 Å². The maximum Gasteiger partial charge on any atom is 0.416 e. The van der Waals surface area contributed by atoms with E-state index in [0.717, 1.165) is 43.8 Å². The lowest BCUT2D eigenvalue weighted by molar-refractivity contribution is -0.137. The number of benzene rings is 2. The van der Waals surface area contributed by atoms with E-state index in [1.54, 1.807) is 12.1 Å². The zero-order valence-corrected chi connectivity index (χ0v) is 17.0. The Morgan fingerprint density at radius 1 is 1.16 bits per heavy atom. The number of anilines is 1. The molecule has 4 rings (SSSR count). The normalized spacial score (nSPS) is 15.1. The number of aliphatic hydroxyl groups excluding tert-OH is 1. The van der Waals surface area contributed by atoms with Gasteiger partial charge in [0.15, 0.2) is 0 Å². The first-order valence-electron chi connectivity index (χ1n) is 10.1. The molecule has 0 saturated carbocycles. The molecule has 0 radical (unpaired) electrons. The maximum absolute atomic E-state index is 12.9. The molecular formula is C22H21F3N4O3. The molecule has 1 aliphatic rings. The highest BCUT2D eigenvalue weighted by Crippen LogP contribution is 2.31. The molecule has 2 aromatic carbocycles. The molecule has 10 heteroatoms. The highest BCUT2D eigenvalue weighted by molar-refractivity contribution is 5.94. The Morgan fingerprint density at radius 3 is 2.53 bits per heavy atom. The van der Waals surface area contributed by atoms with E-state index >= 15 is 0 Å². The summed E-state index contributed by atoms with van der Waals surface area (Å²) in [4.78, 5) is 18.9. The summed E-state index contributed by atoms with van der Waals surface area (Å²) < 4.78 is 43.9. The summed E-state index contributed by atoms with van der Waals surface area (Å²) in [5.41, 5.74) is 0.700. The van der Waals surface area contributed by atoms with Gasteiger partial charge >= 0.3 is 6.18 Å². The molecule has 1 fully saturated rings. The summed E-state index contributed by atoms with van der Waals surface area (Å²) in [6, 6.07) is 10.6. The van der Waals surface area contributed by atoms with Crippen LogP contribution in [0.25, 0.3) is 11.4 Å². The molecule has 32 heavy (non-hydrogen) atoms. The standard InChI is InChI=1S/C22H21F3N4O3/c23-22(24,25)16-5-3-4-15(12-16)19-27-21(32-28-19)18(13-30)26-20(31)14-6-8-17(9-7-14)29-10-1-2-11-29/h3-9,12,18,30H,1-2,10-11,13H2,(H,26,31)/t18-/m0/s1. The smallest absolute Gasteiger partial charge is 0.394 e. The third-order valence-corrected chi connectivity index (χ3v) is 5.28. The van der Waals surface area contributed by atoms with Crippen LogP contribution >= 0.6 is 0 Å². The summed E-state index contributed by atoms with van der Waals surface area (Å²) in [5.74, 6) is -0.633. The molecule has 0 unspecified atom stereocenters. The van der Waals surface area contributed by atoms with Crippen LogP contribution in [0.3, 0.4) is 0 Å². The molecule has 1 aromatic heterocycles. The van der Waals surface area contributed by atoms with Crippen molar-refractivity contribution in [1.29, 1.82) is 0 Å². The van der Waals surface area contributed by atoms with E-state index in [0.29, 0.717) is 5.56 Å². The predicted octanol–water partition coefficient (Wildman–Crippen LogP) is 3.82. The molecule has 2 N–H and O–H groups in total. The van der Waals surface area contributed by atoms with Crippen molar-refractivity contribution >= 4 is 11.6 Å². The van der Waals surface area contributed by atoms with Crippen molar-refractivity contribution in [2.24, 2.45) is 0 Å². The van der Waals surface area contributed by atoms with Gasteiger partial charge in [-0.2, -0.15) is 18.2 Å². The third-order valence-electron chi connectivity index (χ3n) is 5.28. The highest BCUT2D eigenvalue weighted by Gasteiger charge is 2.31. The third kappa shape index (κ3) is 4.75. The number of nitrogens with one attached hydrogen (secondary N) is 1. The van der Waals surface area contributed by atoms with Crippen LogP contribution in [-0.4, -0.2) is 40.9 Å². The average molecular weight is 446 g/mol. The Bertz CT molecular complexity index is 1080. The number of alkyl halides is 3. The first kappa shape index (κ1) is 21.8. The fourth-order valence-corrected chi connectivity index (χ4v) is 3.55. The van der Waals surface area contributed by atoms with Crippen molar-refractivity contribution in [2.45, 2.75) is 25.1 Å². The molecular weight excluding hydrogens is 425 g/mol. The topological polar surface area (TPSA) is 91.5 Å². The number of hydrogen-bond acceptors (Lipinski definition) is 6. The molecule has 7 nitrogen and oxygen atoms in total. The Balaban J connectivity index is 1.46. The molecule has 1 aliphatic heterocycles. The molecule has 168 valence electrons. The molecule has 1 amide bonds. The number of rotatable bonds is 6. The Labute approximate surface area is 181 Å².